The summed E-state index contributed by atoms with van der Waals surface area (Å²) in [7, 11) is 0. The molecule has 122 valence electrons. The van der Waals surface area contributed by atoms with Crippen LogP contribution in [0.1, 0.15) is 44.9 Å². The van der Waals surface area contributed by atoms with Gasteiger partial charge in [-0.2, -0.15) is 0 Å². The average molecular weight is 344 g/mol. The van der Waals surface area contributed by atoms with Gasteiger partial charge in [0.2, 0.25) is 0 Å². The lowest BCUT2D eigenvalue weighted by Crippen LogP contribution is -2.29. The summed E-state index contributed by atoms with van der Waals surface area (Å²) in [6, 6.07) is 10.9. The minimum atomic E-state index is -0.538. The highest BCUT2D eigenvalue weighted by Crippen LogP contribution is 2.33. The summed E-state index contributed by atoms with van der Waals surface area (Å²) in [6.45, 7) is 3.47. The minimum Gasteiger partial charge on any atom is -0.459 e. The number of para-hydroxylation sites is 1. The van der Waals surface area contributed by atoms with Crippen LogP contribution in [0.25, 0.3) is 0 Å². The number of anilines is 1. The summed E-state index contributed by atoms with van der Waals surface area (Å²) in [6.07, 6.45) is -0.275. The predicted octanol–water partition coefficient (Wildman–Crippen LogP) is 3.71. The summed E-state index contributed by atoms with van der Waals surface area (Å²) in [5.74, 6) is -1.52. The van der Waals surface area contributed by atoms with Crippen molar-refractivity contribution in [1.29, 1.82) is 0 Å². The molecule has 5 nitrogen and oxygen atoms in total. The molecule has 2 amide bonds. The first-order valence-electron chi connectivity index (χ1n) is 7.38. The van der Waals surface area contributed by atoms with Gasteiger partial charge in [-0.15, -0.1) is 0 Å². The molecular formula is C18H14ClNO4. The zero-order chi connectivity index (χ0) is 17.4. The molecule has 0 fully saturated rings. The lowest BCUT2D eigenvalue weighted by atomic mass is 10.1. The maximum Gasteiger partial charge on any atom is 0.338 e. The summed E-state index contributed by atoms with van der Waals surface area (Å²) in [4.78, 5) is 38.2. The molecule has 1 aliphatic rings. The molecule has 3 rings (SSSR count). The molecule has 0 saturated carbocycles. The number of ether oxygens (including phenoxy) is 1. The van der Waals surface area contributed by atoms with Crippen LogP contribution < -0.4 is 4.90 Å². The van der Waals surface area contributed by atoms with Gasteiger partial charge in [0.15, 0.2) is 0 Å². The highest BCUT2D eigenvalue weighted by atomic mass is 35.5. The normalized spacial score (nSPS) is 13.4. The van der Waals surface area contributed by atoms with E-state index in [0.717, 1.165) is 4.90 Å². The number of nitrogens with zero attached hydrogens (tertiary/aromatic N) is 1. The van der Waals surface area contributed by atoms with Crippen LogP contribution >= 0.6 is 11.6 Å². The molecule has 0 unspecified atom stereocenters. The Bertz CT molecular complexity index is 860. The van der Waals surface area contributed by atoms with Crippen molar-refractivity contribution in [3.05, 3.63) is 64.2 Å². The average Bonchev–Trinajstić information content (AvgIpc) is 2.78. The minimum absolute atomic E-state index is 0.165. The number of hydrogen-bond acceptors (Lipinski definition) is 4. The van der Waals surface area contributed by atoms with Crippen molar-refractivity contribution >= 4 is 35.1 Å². The lowest BCUT2D eigenvalue weighted by Gasteiger charge is -2.15. The fourth-order valence-electron chi connectivity index (χ4n) is 2.50. The molecule has 0 aliphatic carbocycles. The van der Waals surface area contributed by atoms with Crippen molar-refractivity contribution in [2.24, 2.45) is 0 Å². The van der Waals surface area contributed by atoms with Crippen LogP contribution in [-0.2, 0) is 4.74 Å². The molecule has 0 N–H and O–H groups in total. The monoisotopic (exact) mass is 343 g/mol. The van der Waals surface area contributed by atoms with Crippen LogP contribution in [0.2, 0.25) is 5.02 Å². The van der Waals surface area contributed by atoms with Gasteiger partial charge >= 0.3 is 5.97 Å². The molecule has 0 radical (unpaired) electrons. The Balaban J connectivity index is 2.01. The van der Waals surface area contributed by atoms with Gasteiger partial charge in [0, 0.05) is 0 Å². The third-order valence-corrected chi connectivity index (χ3v) is 3.88. The number of imide groups is 1. The van der Waals surface area contributed by atoms with E-state index >= 15 is 0 Å². The van der Waals surface area contributed by atoms with E-state index in [1.54, 1.807) is 38.1 Å². The number of fused-ring (bicyclic) bond motifs is 1. The van der Waals surface area contributed by atoms with Crippen molar-refractivity contribution in [3.8, 4) is 0 Å². The maximum atomic E-state index is 12.7. The molecule has 0 saturated heterocycles. The number of carbonyl (C=O) groups is 3. The first kappa shape index (κ1) is 16.2. The van der Waals surface area contributed by atoms with Crippen LogP contribution in [0.4, 0.5) is 5.69 Å². The maximum absolute atomic E-state index is 12.7. The number of esters is 1. The molecule has 2 aromatic carbocycles. The van der Waals surface area contributed by atoms with E-state index in [4.69, 9.17) is 16.3 Å². The molecule has 6 heteroatoms. The van der Waals surface area contributed by atoms with Crippen LogP contribution in [-0.4, -0.2) is 23.9 Å². The zero-order valence-corrected chi connectivity index (χ0v) is 13.8. The van der Waals surface area contributed by atoms with Crippen LogP contribution in [0.3, 0.4) is 0 Å². The number of carbonyl (C=O) groups excluding carboxylic acids is 3. The predicted molar refractivity (Wildman–Crippen MR) is 89.6 cm³/mol. The first-order chi connectivity index (χ1) is 11.4. The topological polar surface area (TPSA) is 63.7 Å². The van der Waals surface area contributed by atoms with E-state index in [-0.39, 0.29) is 22.8 Å². The third kappa shape index (κ3) is 2.67. The first-order valence-corrected chi connectivity index (χ1v) is 7.76. The molecule has 2 aromatic rings. The van der Waals surface area contributed by atoms with Crippen molar-refractivity contribution in [2.75, 3.05) is 4.90 Å². The second-order valence-corrected chi connectivity index (χ2v) is 6.02. The van der Waals surface area contributed by atoms with Gasteiger partial charge in [-0.3, -0.25) is 9.59 Å². The zero-order valence-electron chi connectivity index (χ0n) is 13.1. The molecule has 0 spiro atoms. The Kier molecular flexibility index (Phi) is 4.11. The summed E-state index contributed by atoms with van der Waals surface area (Å²) in [5, 5.41) is 0.298. The highest BCUT2D eigenvalue weighted by molar-refractivity contribution is 6.39. The van der Waals surface area contributed by atoms with Gasteiger partial charge in [0.05, 0.1) is 33.5 Å². The fourth-order valence-corrected chi connectivity index (χ4v) is 2.72. The Morgan fingerprint density at radius 3 is 2.38 bits per heavy atom. The summed E-state index contributed by atoms with van der Waals surface area (Å²) in [5.41, 5.74) is 0.945. The quantitative estimate of drug-likeness (QED) is 0.629. The summed E-state index contributed by atoms with van der Waals surface area (Å²) >= 11 is 6.10. The van der Waals surface area contributed by atoms with Gasteiger partial charge in [-0.25, -0.2) is 9.69 Å². The second-order valence-electron chi connectivity index (χ2n) is 5.61. The van der Waals surface area contributed by atoms with E-state index in [1.165, 1.54) is 18.2 Å². The van der Waals surface area contributed by atoms with Gasteiger partial charge in [0.1, 0.15) is 0 Å². The van der Waals surface area contributed by atoms with Crippen molar-refractivity contribution in [2.45, 2.75) is 20.0 Å². The van der Waals surface area contributed by atoms with Crippen molar-refractivity contribution in [1.82, 2.24) is 0 Å². The Hall–Kier alpha value is -2.66. The summed E-state index contributed by atoms with van der Waals surface area (Å²) < 4.78 is 5.12. The molecule has 1 heterocycles. The van der Waals surface area contributed by atoms with Crippen LogP contribution in [0, 0.1) is 0 Å². The van der Waals surface area contributed by atoms with E-state index < -0.39 is 17.8 Å². The van der Waals surface area contributed by atoms with Gasteiger partial charge in [-0.05, 0) is 44.2 Å². The number of halogens is 1. The molecular weight excluding hydrogens is 330 g/mol. The smallest absolute Gasteiger partial charge is 0.338 e. The van der Waals surface area contributed by atoms with E-state index in [1.807, 2.05) is 0 Å². The number of hydrogen-bond donors (Lipinski definition) is 0. The number of rotatable bonds is 3. The van der Waals surface area contributed by atoms with Crippen LogP contribution in [0.15, 0.2) is 42.5 Å². The lowest BCUT2D eigenvalue weighted by molar-refractivity contribution is 0.0377. The van der Waals surface area contributed by atoms with Gasteiger partial charge in [0.25, 0.3) is 11.8 Å². The molecule has 0 atom stereocenters. The SMILES string of the molecule is CC(C)OC(=O)c1ccc2c(c1)C(=O)N(c1ccccc1Cl)C2=O. The fraction of sp³-hybridized carbons (Fsp3) is 0.167. The Morgan fingerprint density at radius 2 is 1.71 bits per heavy atom. The second kappa shape index (κ2) is 6.09. The van der Waals surface area contributed by atoms with Crippen molar-refractivity contribution < 1.29 is 19.1 Å². The molecule has 24 heavy (non-hydrogen) atoms. The third-order valence-electron chi connectivity index (χ3n) is 3.56. The molecule has 1 aliphatic heterocycles. The molecule has 0 bridgehead atoms. The highest BCUT2D eigenvalue weighted by Gasteiger charge is 2.38. The van der Waals surface area contributed by atoms with Crippen LogP contribution in [0.5, 0.6) is 0 Å². The largest absolute Gasteiger partial charge is 0.459 e. The van der Waals surface area contributed by atoms with Gasteiger partial charge in [-0.1, -0.05) is 23.7 Å². The Morgan fingerprint density at radius 1 is 1.04 bits per heavy atom. The van der Waals surface area contributed by atoms with E-state index in [0.29, 0.717) is 10.7 Å². The van der Waals surface area contributed by atoms with Gasteiger partial charge < -0.3 is 4.74 Å². The van der Waals surface area contributed by atoms with E-state index in [9.17, 15) is 14.4 Å². The molecule has 0 aromatic heterocycles. The number of benzene rings is 2. The number of amides is 2. The Labute approximate surface area is 143 Å². The standard InChI is InChI=1S/C18H14ClNO4/c1-10(2)24-18(23)11-7-8-12-13(9-11)17(22)20(16(12)21)15-6-4-3-5-14(15)19/h3-10H,1-2H3. The van der Waals surface area contributed by atoms with Crippen molar-refractivity contribution in [3.63, 3.8) is 0 Å². The van der Waals surface area contributed by atoms with E-state index in [2.05, 4.69) is 0 Å².